The number of carbonyl (C=O) groups excluding carboxylic acids is 1. The largest absolute Gasteiger partial charge is 0.481 e. The van der Waals surface area contributed by atoms with Gasteiger partial charge in [-0.1, -0.05) is 77.6 Å². The third kappa shape index (κ3) is 15.7. The summed E-state index contributed by atoms with van der Waals surface area (Å²) in [6.45, 7) is 2.23. The number of hydrogen-bond acceptors (Lipinski definition) is 3. The van der Waals surface area contributed by atoms with Crippen molar-refractivity contribution in [3.63, 3.8) is 0 Å². The molecule has 0 aliphatic carbocycles. The molecule has 0 heterocycles. The van der Waals surface area contributed by atoms with Gasteiger partial charge in [0.25, 0.3) is 0 Å². The number of carbonyl (C=O) groups is 3. The Morgan fingerprint density at radius 2 is 1.20 bits per heavy atom. The summed E-state index contributed by atoms with van der Waals surface area (Å²) in [6, 6.07) is -1.35. The van der Waals surface area contributed by atoms with E-state index in [2.05, 4.69) is 12.2 Å². The lowest BCUT2D eigenvalue weighted by Gasteiger charge is -2.12. The van der Waals surface area contributed by atoms with Crippen LogP contribution in [0, 0.1) is 0 Å². The van der Waals surface area contributed by atoms with Gasteiger partial charge in [0.1, 0.15) is 6.04 Å². The molecule has 0 radical (unpaired) electrons. The van der Waals surface area contributed by atoms with E-state index < -0.39 is 24.4 Å². The van der Waals surface area contributed by atoms with Gasteiger partial charge in [-0.15, -0.1) is 0 Å². The van der Waals surface area contributed by atoms with Gasteiger partial charge < -0.3 is 15.5 Å². The fraction of sp³-hybridized carbons (Fsp3) is 0.842. The lowest BCUT2D eigenvalue weighted by molar-refractivity contribution is -0.147. The molecule has 0 aromatic carbocycles. The molecule has 1 atom stereocenters. The average Bonchev–Trinajstić information content (AvgIpc) is 2.54. The Labute approximate surface area is 151 Å². The van der Waals surface area contributed by atoms with E-state index >= 15 is 0 Å². The maximum Gasteiger partial charge on any atom is 0.326 e. The number of aliphatic carboxylic acids is 2. The fourth-order valence-corrected chi connectivity index (χ4v) is 2.77. The molecule has 3 N–H and O–H groups in total. The highest BCUT2D eigenvalue weighted by Crippen LogP contribution is 2.12. The van der Waals surface area contributed by atoms with Crippen molar-refractivity contribution < 1.29 is 24.6 Å². The predicted molar refractivity (Wildman–Crippen MR) is 97.5 cm³/mol. The minimum Gasteiger partial charge on any atom is -0.481 e. The molecule has 0 saturated heterocycles. The first-order valence-corrected chi connectivity index (χ1v) is 9.71. The van der Waals surface area contributed by atoms with Gasteiger partial charge in [-0.05, 0) is 6.42 Å². The summed E-state index contributed by atoms with van der Waals surface area (Å²) in [6.07, 6.45) is 14.1. The highest BCUT2D eigenvalue weighted by molar-refractivity contribution is 5.86. The quantitative estimate of drug-likeness (QED) is 0.340. The van der Waals surface area contributed by atoms with Crippen molar-refractivity contribution in [1.29, 1.82) is 0 Å². The van der Waals surface area contributed by atoms with E-state index in [0.29, 0.717) is 6.42 Å². The van der Waals surface area contributed by atoms with E-state index in [4.69, 9.17) is 10.2 Å². The molecule has 0 aliphatic rings. The summed E-state index contributed by atoms with van der Waals surface area (Å²) in [5, 5.41) is 19.8. The minimum absolute atomic E-state index is 0.251. The van der Waals surface area contributed by atoms with Crippen LogP contribution in [0.4, 0.5) is 0 Å². The molecule has 0 aliphatic heterocycles. The van der Waals surface area contributed by atoms with Crippen LogP contribution in [0.15, 0.2) is 0 Å². The van der Waals surface area contributed by atoms with E-state index in [1.165, 1.54) is 57.8 Å². The van der Waals surface area contributed by atoms with Crippen LogP contribution in [0.5, 0.6) is 0 Å². The first-order chi connectivity index (χ1) is 12.0. The van der Waals surface area contributed by atoms with E-state index in [1.807, 2.05) is 0 Å². The number of carboxylic acid groups (broad SMARTS) is 2. The fourth-order valence-electron chi connectivity index (χ4n) is 2.77. The first-order valence-electron chi connectivity index (χ1n) is 9.71. The monoisotopic (exact) mass is 357 g/mol. The molecule has 0 aromatic heterocycles. The third-order valence-electron chi connectivity index (χ3n) is 4.27. The van der Waals surface area contributed by atoms with Crippen LogP contribution in [-0.2, 0) is 14.4 Å². The van der Waals surface area contributed by atoms with Crippen LogP contribution in [0.25, 0.3) is 0 Å². The molecular weight excluding hydrogens is 322 g/mol. The molecule has 0 bridgehead atoms. The maximum absolute atomic E-state index is 11.7. The van der Waals surface area contributed by atoms with E-state index in [9.17, 15) is 14.4 Å². The van der Waals surface area contributed by atoms with E-state index in [-0.39, 0.29) is 12.3 Å². The molecule has 0 saturated carbocycles. The van der Waals surface area contributed by atoms with Gasteiger partial charge in [-0.2, -0.15) is 0 Å². The van der Waals surface area contributed by atoms with Gasteiger partial charge in [0, 0.05) is 6.42 Å². The zero-order valence-electron chi connectivity index (χ0n) is 15.6. The number of amides is 1. The molecular formula is C19H35NO5. The molecule has 1 amide bonds. The number of nitrogens with one attached hydrogen (secondary N) is 1. The van der Waals surface area contributed by atoms with Crippen LogP contribution in [-0.4, -0.2) is 34.1 Å². The molecule has 0 aromatic rings. The Morgan fingerprint density at radius 3 is 1.60 bits per heavy atom. The van der Waals surface area contributed by atoms with Crippen LogP contribution in [0.1, 0.15) is 96.8 Å². The lowest BCUT2D eigenvalue weighted by Crippen LogP contribution is -2.42. The SMILES string of the molecule is CCCCCCCCCCCCCCC(=O)N[C@@H](CC(=O)O)C(=O)O. The molecule has 0 unspecified atom stereocenters. The second kappa shape index (κ2) is 15.9. The Bertz CT molecular complexity index is 384. The zero-order valence-corrected chi connectivity index (χ0v) is 15.6. The summed E-state index contributed by atoms with van der Waals surface area (Å²) in [7, 11) is 0. The summed E-state index contributed by atoms with van der Waals surface area (Å²) in [4.78, 5) is 33.1. The second-order valence-corrected chi connectivity index (χ2v) is 6.70. The van der Waals surface area contributed by atoms with Crippen molar-refractivity contribution in [3.8, 4) is 0 Å². The van der Waals surface area contributed by atoms with E-state index in [0.717, 1.165) is 12.8 Å². The summed E-state index contributed by atoms with van der Waals surface area (Å²) in [5.41, 5.74) is 0. The van der Waals surface area contributed by atoms with Gasteiger partial charge in [-0.25, -0.2) is 4.79 Å². The highest BCUT2D eigenvalue weighted by atomic mass is 16.4. The van der Waals surface area contributed by atoms with Crippen LogP contribution in [0.3, 0.4) is 0 Å². The Kier molecular flexibility index (Phi) is 14.9. The number of carboxylic acids is 2. The van der Waals surface area contributed by atoms with Gasteiger partial charge in [0.05, 0.1) is 6.42 Å². The lowest BCUT2D eigenvalue weighted by atomic mass is 10.0. The molecule has 6 heteroatoms. The number of unbranched alkanes of at least 4 members (excludes halogenated alkanes) is 11. The van der Waals surface area contributed by atoms with Crippen molar-refractivity contribution in [3.05, 3.63) is 0 Å². The summed E-state index contributed by atoms with van der Waals surface area (Å²) >= 11 is 0. The topological polar surface area (TPSA) is 104 Å². The van der Waals surface area contributed by atoms with E-state index in [1.54, 1.807) is 0 Å². The molecule has 0 fully saturated rings. The Hall–Kier alpha value is -1.59. The number of hydrogen-bond donors (Lipinski definition) is 3. The van der Waals surface area contributed by atoms with Crippen molar-refractivity contribution in [2.75, 3.05) is 0 Å². The Morgan fingerprint density at radius 1 is 0.760 bits per heavy atom. The van der Waals surface area contributed by atoms with Crippen molar-refractivity contribution in [2.45, 2.75) is 103 Å². The maximum atomic E-state index is 11.7. The minimum atomic E-state index is -1.35. The molecule has 6 nitrogen and oxygen atoms in total. The molecule has 25 heavy (non-hydrogen) atoms. The molecule has 146 valence electrons. The average molecular weight is 357 g/mol. The summed E-state index contributed by atoms with van der Waals surface area (Å²) in [5.74, 6) is -2.94. The van der Waals surface area contributed by atoms with Crippen LogP contribution < -0.4 is 5.32 Å². The molecule has 0 rings (SSSR count). The van der Waals surface area contributed by atoms with Crippen LogP contribution >= 0.6 is 0 Å². The van der Waals surface area contributed by atoms with Crippen molar-refractivity contribution in [1.82, 2.24) is 5.32 Å². The highest BCUT2D eigenvalue weighted by Gasteiger charge is 2.22. The number of rotatable bonds is 17. The van der Waals surface area contributed by atoms with Crippen molar-refractivity contribution in [2.24, 2.45) is 0 Å². The van der Waals surface area contributed by atoms with Crippen LogP contribution in [0.2, 0.25) is 0 Å². The van der Waals surface area contributed by atoms with Gasteiger partial charge >= 0.3 is 11.9 Å². The standard InChI is InChI=1S/C19H35NO5/c1-2-3-4-5-6-7-8-9-10-11-12-13-14-17(21)20-16(19(24)25)15-18(22)23/h16H,2-15H2,1H3,(H,20,21)(H,22,23)(H,24,25)/t16-/m0/s1. The first kappa shape index (κ1) is 23.4. The Balaban J connectivity index is 3.50. The smallest absolute Gasteiger partial charge is 0.326 e. The van der Waals surface area contributed by atoms with Gasteiger partial charge in [-0.3, -0.25) is 9.59 Å². The normalized spacial score (nSPS) is 11.9. The third-order valence-corrected chi connectivity index (χ3v) is 4.27. The summed E-state index contributed by atoms with van der Waals surface area (Å²) < 4.78 is 0. The van der Waals surface area contributed by atoms with Gasteiger partial charge in [0.15, 0.2) is 0 Å². The zero-order chi connectivity index (χ0) is 18.9. The van der Waals surface area contributed by atoms with Gasteiger partial charge in [0.2, 0.25) is 5.91 Å². The molecule has 0 spiro atoms. The second-order valence-electron chi connectivity index (χ2n) is 6.70. The predicted octanol–water partition coefficient (Wildman–Crippen LogP) is 4.12. The van der Waals surface area contributed by atoms with Crippen molar-refractivity contribution >= 4 is 17.8 Å².